The van der Waals surface area contributed by atoms with E-state index in [-0.39, 0.29) is 28.4 Å². The number of carboxylic acids is 1. The van der Waals surface area contributed by atoms with Crippen molar-refractivity contribution < 1.29 is 24.2 Å². The van der Waals surface area contributed by atoms with E-state index in [0.29, 0.717) is 39.8 Å². The maximum absolute atomic E-state index is 13.0. The SMILES string of the molecule is CCCCCCCCCCCCNC(=O)c1ccc(C(=O)O)c(-c2c3ccc(=O)cc-3oc3cc(O)ccc23)c1. The summed E-state index contributed by atoms with van der Waals surface area (Å²) < 4.78 is 5.88. The molecule has 40 heavy (non-hydrogen) atoms. The summed E-state index contributed by atoms with van der Waals surface area (Å²) in [6.07, 6.45) is 12.1. The van der Waals surface area contributed by atoms with Gasteiger partial charge in [0.2, 0.25) is 0 Å². The molecule has 210 valence electrons. The lowest BCUT2D eigenvalue weighted by Gasteiger charge is -2.17. The van der Waals surface area contributed by atoms with Crippen LogP contribution < -0.4 is 10.7 Å². The Morgan fingerprint density at radius 3 is 2.20 bits per heavy atom. The maximum atomic E-state index is 13.0. The van der Waals surface area contributed by atoms with E-state index in [1.165, 1.54) is 81.3 Å². The Morgan fingerprint density at radius 2 is 1.50 bits per heavy atom. The number of carbonyl (C=O) groups excluding carboxylic acids is 1. The van der Waals surface area contributed by atoms with Crippen molar-refractivity contribution in [1.29, 1.82) is 0 Å². The van der Waals surface area contributed by atoms with Gasteiger partial charge in [-0.2, -0.15) is 0 Å². The molecule has 0 aromatic heterocycles. The number of nitrogens with one attached hydrogen (secondary N) is 1. The number of phenolic OH excluding ortho intramolecular Hbond substituents is 1. The van der Waals surface area contributed by atoms with Gasteiger partial charge in [-0.05, 0) is 54.4 Å². The zero-order valence-electron chi connectivity index (χ0n) is 23.0. The van der Waals surface area contributed by atoms with Crippen LogP contribution in [0, 0.1) is 0 Å². The molecule has 0 bridgehead atoms. The fraction of sp³-hybridized carbons (Fsp3) is 0.364. The first-order valence-electron chi connectivity index (χ1n) is 14.2. The minimum atomic E-state index is -1.14. The number of hydrogen-bond acceptors (Lipinski definition) is 5. The third kappa shape index (κ3) is 7.08. The first-order valence-corrected chi connectivity index (χ1v) is 14.2. The zero-order valence-corrected chi connectivity index (χ0v) is 23.0. The van der Waals surface area contributed by atoms with E-state index >= 15 is 0 Å². The zero-order chi connectivity index (χ0) is 28.5. The highest BCUT2D eigenvalue weighted by Crippen LogP contribution is 2.42. The molecule has 0 saturated carbocycles. The molecule has 1 amide bonds. The van der Waals surface area contributed by atoms with Crippen molar-refractivity contribution in [2.24, 2.45) is 0 Å². The predicted molar refractivity (Wildman–Crippen MR) is 157 cm³/mol. The molecule has 0 unspecified atom stereocenters. The summed E-state index contributed by atoms with van der Waals surface area (Å²) in [7, 11) is 0. The van der Waals surface area contributed by atoms with Crippen molar-refractivity contribution in [3.8, 4) is 28.2 Å². The summed E-state index contributed by atoms with van der Waals surface area (Å²) in [4.78, 5) is 37.3. The van der Waals surface area contributed by atoms with Gasteiger partial charge in [0.25, 0.3) is 5.91 Å². The van der Waals surface area contributed by atoms with Crippen LogP contribution in [0.1, 0.15) is 91.8 Å². The molecule has 2 aliphatic rings. The second-order valence-electron chi connectivity index (χ2n) is 10.3. The van der Waals surface area contributed by atoms with Crippen molar-refractivity contribution in [2.45, 2.75) is 71.1 Å². The highest BCUT2D eigenvalue weighted by atomic mass is 16.4. The molecule has 0 atom stereocenters. The Balaban J connectivity index is 1.52. The third-order valence-electron chi connectivity index (χ3n) is 7.27. The van der Waals surface area contributed by atoms with E-state index in [9.17, 15) is 24.6 Å². The summed E-state index contributed by atoms with van der Waals surface area (Å²) in [5.41, 5.74) is 1.75. The lowest BCUT2D eigenvalue weighted by Crippen LogP contribution is -2.24. The molecule has 1 heterocycles. The molecule has 1 aliphatic carbocycles. The van der Waals surface area contributed by atoms with Gasteiger partial charge in [0, 0.05) is 40.8 Å². The second-order valence-corrected chi connectivity index (χ2v) is 10.3. The van der Waals surface area contributed by atoms with Gasteiger partial charge in [0.15, 0.2) is 5.43 Å². The summed E-state index contributed by atoms with van der Waals surface area (Å²) in [5, 5.41) is 23.5. The number of phenols is 1. The summed E-state index contributed by atoms with van der Waals surface area (Å²) >= 11 is 0. The summed E-state index contributed by atoms with van der Waals surface area (Å²) in [6.45, 7) is 2.78. The normalized spacial score (nSPS) is 11.2. The number of carboxylic acid groups (broad SMARTS) is 1. The first kappa shape index (κ1) is 28.9. The van der Waals surface area contributed by atoms with Gasteiger partial charge in [-0.1, -0.05) is 64.7 Å². The second kappa shape index (κ2) is 13.8. The molecular formula is C33H37NO6. The topological polar surface area (TPSA) is 117 Å². The van der Waals surface area contributed by atoms with Crippen molar-refractivity contribution in [3.05, 3.63) is 75.9 Å². The van der Waals surface area contributed by atoms with Gasteiger partial charge < -0.3 is 19.9 Å². The Hall–Kier alpha value is -4.13. The van der Waals surface area contributed by atoms with Crippen LogP contribution in [0.4, 0.5) is 0 Å². The van der Waals surface area contributed by atoms with Crippen LogP contribution in [-0.4, -0.2) is 28.6 Å². The van der Waals surface area contributed by atoms with Crippen molar-refractivity contribution in [3.63, 3.8) is 0 Å². The van der Waals surface area contributed by atoms with Gasteiger partial charge in [-0.3, -0.25) is 9.59 Å². The summed E-state index contributed by atoms with van der Waals surface area (Å²) in [5.74, 6) is -1.19. The molecule has 0 fully saturated rings. The van der Waals surface area contributed by atoms with E-state index in [1.807, 2.05) is 0 Å². The summed E-state index contributed by atoms with van der Waals surface area (Å²) in [6, 6.07) is 13.4. The Morgan fingerprint density at radius 1 is 0.800 bits per heavy atom. The van der Waals surface area contributed by atoms with E-state index in [0.717, 1.165) is 19.3 Å². The Bertz CT molecular complexity index is 1500. The van der Waals surface area contributed by atoms with Crippen LogP contribution in [-0.2, 0) is 0 Å². The molecular weight excluding hydrogens is 506 g/mol. The molecule has 1 aliphatic heterocycles. The van der Waals surface area contributed by atoms with Crippen molar-refractivity contribution in [1.82, 2.24) is 5.32 Å². The molecule has 7 nitrogen and oxygen atoms in total. The van der Waals surface area contributed by atoms with E-state index in [4.69, 9.17) is 4.42 Å². The van der Waals surface area contributed by atoms with Crippen LogP contribution in [0.5, 0.6) is 5.75 Å². The Kier molecular flexibility index (Phi) is 9.95. The van der Waals surface area contributed by atoms with Crippen LogP contribution in [0.15, 0.2) is 63.8 Å². The van der Waals surface area contributed by atoms with Crippen molar-refractivity contribution in [2.75, 3.05) is 6.54 Å². The fourth-order valence-corrected chi connectivity index (χ4v) is 5.14. The number of carbonyl (C=O) groups is 2. The lowest BCUT2D eigenvalue weighted by molar-refractivity contribution is 0.0697. The van der Waals surface area contributed by atoms with Gasteiger partial charge in [-0.25, -0.2) is 4.79 Å². The molecule has 0 radical (unpaired) electrons. The maximum Gasteiger partial charge on any atom is 0.336 e. The molecule has 3 N–H and O–H groups in total. The number of benzene rings is 3. The standard InChI is InChI=1S/C33H37NO6/c1-2-3-4-5-6-7-8-9-10-11-18-34-32(37)22-12-15-25(33(38)39)28(19-22)31-26-16-13-23(35)20-29(26)40-30-21-24(36)14-17-27(30)31/h12-17,19-21,35H,2-11,18H2,1H3,(H,34,37)(H,38,39). The number of aromatic hydroxyl groups is 1. The number of unbranched alkanes of at least 4 members (excludes halogenated alkanes) is 9. The quantitative estimate of drug-likeness (QED) is 0.111. The smallest absolute Gasteiger partial charge is 0.336 e. The number of aromatic carboxylic acids is 1. The average molecular weight is 544 g/mol. The molecule has 4 rings (SSSR count). The largest absolute Gasteiger partial charge is 0.508 e. The van der Waals surface area contributed by atoms with Crippen LogP contribution in [0.2, 0.25) is 0 Å². The third-order valence-corrected chi connectivity index (χ3v) is 7.27. The Labute approximate surface area is 234 Å². The van der Waals surface area contributed by atoms with Gasteiger partial charge in [-0.15, -0.1) is 0 Å². The highest BCUT2D eigenvalue weighted by Gasteiger charge is 2.23. The first-order chi connectivity index (χ1) is 19.4. The molecule has 7 heteroatoms. The van der Waals surface area contributed by atoms with Crippen LogP contribution in [0.25, 0.3) is 33.4 Å². The number of fused-ring (bicyclic) bond motifs is 2. The highest BCUT2D eigenvalue weighted by molar-refractivity contribution is 6.09. The number of rotatable bonds is 14. The van der Waals surface area contributed by atoms with E-state index in [1.54, 1.807) is 18.2 Å². The molecule has 2 aromatic rings. The number of hydrogen-bond donors (Lipinski definition) is 3. The van der Waals surface area contributed by atoms with Crippen LogP contribution >= 0.6 is 0 Å². The minimum Gasteiger partial charge on any atom is -0.508 e. The molecule has 2 aromatic carbocycles. The van der Waals surface area contributed by atoms with E-state index < -0.39 is 5.97 Å². The van der Waals surface area contributed by atoms with Gasteiger partial charge in [0.1, 0.15) is 17.1 Å². The molecule has 0 saturated heterocycles. The van der Waals surface area contributed by atoms with Gasteiger partial charge >= 0.3 is 5.97 Å². The average Bonchev–Trinajstić information content (AvgIpc) is 2.94. The van der Waals surface area contributed by atoms with Gasteiger partial charge in [0.05, 0.1) is 5.56 Å². The minimum absolute atomic E-state index is 0.0133. The monoisotopic (exact) mass is 543 g/mol. The van der Waals surface area contributed by atoms with Crippen LogP contribution in [0.3, 0.4) is 0 Å². The van der Waals surface area contributed by atoms with Crippen molar-refractivity contribution >= 4 is 22.8 Å². The predicted octanol–water partition coefficient (Wildman–Crippen LogP) is 7.62. The lowest BCUT2D eigenvalue weighted by atomic mass is 9.89. The number of amides is 1. The van der Waals surface area contributed by atoms with E-state index in [2.05, 4.69) is 12.2 Å². The fourth-order valence-electron chi connectivity index (χ4n) is 5.14. The molecule has 0 spiro atoms.